The molecule has 15 heteroatoms. The number of amides is 2. The molecule has 2 amide bonds. The first-order valence-corrected chi connectivity index (χ1v) is 17.9. The smallest absolute Gasteiger partial charge is 0.294 e. The summed E-state index contributed by atoms with van der Waals surface area (Å²) in [5, 5.41) is 19.6. The van der Waals surface area contributed by atoms with Gasteiger partial charge in [-0.3, -0.25) is 14.1 Å². The van der Waals surface area contributed by atoms with E-state index in [4.69, 9.17) is 0 Å². The van der Waals surface area contributed by atoms with Crippen LogP contribution in [-0.2, 0) is 24.9 Å². The number of anilines is 1. The maximum atomic E-state index is 13.8. The van der Waals surface area contributed by atoms with Gasteiger partial charge in [0, 0.05) is 29.1 Å². The van der Waals surface area contributed by atoms with E-state index in [9.17, 15) is 36.1 Å². The molecule has 3 N–H and O–H groups in total. The predicted molar refractivity (Wildman–Crippen MR) is 176 cm³/mol. The molecule has 4 aromatic carbocycles. The van der Waals surface area contributed by atoms with Gasteiger partial charge in [0.25, 0.3) is 25.4 Å². The molecule has 4 aromatic rings. The number of phenolic OH excluding ortho intramolecular Hbond substituents is 1. The minimum atomic E-state index is -4.55. The highest BCUT2D eigenvalue weighted by Crippen LogP contribution is 2.44. The van der Waals surface area contributed by atoms with E-state index < -0.39 is 36.7 Å². The summed E-state index contributed by atoms with van der Waals surface area (Å²) < 4.78 is 60.2. The number of hydrogen-bond acceptors (Lipinski definition) is 10. The summed E-state index contributed by atoms with van der Waals surface area (Å²) in [5.41, 5.74) is 0.448. The molecule has 0 heterocycles. The molecule has 0 saturated carbocycles. The van der Waals surface area contributed by atoms with Crippen LogP contribution in [0.3, 0.4) is 0 Å². The van der Waals surface area contributed by atoms with Crippen LogP contribution in [0.4, 0.5) is 21.9 Å². The Kier molecular flexibility index (Phi) is 11.2. The monoisotopic (exact) mass is 684 g/mol. The summed E-state index contributed by atoms with van der Waals surface area (Å²) in [5.74, 6) is -1.53. The first-order chi connectivity index (χ1) is 21.8. The number of unbranched alkanes of at least 4 members (excludes halogenated alkanes) is 3. The Hall–Kier alpha value is -4.31. The molecule has 0 bridgehead atoms. The number of nitrogens with zero attached hydrogens (tertiary/aromatic N) is 3. The van der Waals surface area contributed by atoms with Crippen LogP contribution in [0.15, 0.2) is 104 Å². The Morgan fingerprint density at radius 3 is 2.22 bits per heavy atom. The normalized spacial score (nSPS) is 12.0. The Balaban J connectivity index is 1.93. The summed E-state index contributed by atoms with van der Waals surface area (Å²) in [6.45, 7) is 3.40. The molecule has 0 spiro atoms. The second-order valence-electron chi connectivity index (χ2n) is 10.2. The van der Waals surface area contributed by atoms with Gasteiger partial charge in [-0.05, 0) is 66.7 Å². The number of rotatable bonds is 12. The third-order valence-electron chi connectivity index (χ3n) is 6.73. The first-order valence-electron chi connectivity index (χ1n) is 14.2. The van der Waals surface area contributed by atoms with Gasteiger partial charge in [-0.15, -0.1) is 5.11 Å². The van der Waals surface area contributed by atoms with Crippen molar-refractivity contribution in [3.05, 3.63) is 78.9 Å². The number of fused-ring (bicyclic) bond motifs is 1. The van der Waals surface area contributed by atoms with Crippen molar-refractivity contribution < 1.29 is 36.1 Å². The standard InChI is InChI=1S/C31H32N4O8S3/c1-3-4-5-9-19-35(31(38)44-23-11-7-6-8-12-23)27-14-10-13-25-29(27)26(20-28(30(25)37)45(39,40)34-21(2)36)33-32-22-15-17-24(18-16-22)46(41,42)43/h6-8,10-18,20,37H,3-5,9,19H2,1-2H3,(H,34,36)(H,41,42,43). The number of thioether (sulfide) groups is 1. The number of azo groups is 1. The summed E-state index contributed by atoms with van der Waals surface area (Å²) in [7, 11) is -9.00. The molecular formula is C31H32N4O8S3. The zero-order chi connectivity index (χ0) is 33.5. The van der Waals surface area contributed by atoms with Gasteiger partial charge in [0.15, 0.2) is 0 Å². The highest BCUT2D eigenvalue weighted by atomic mass is 32.2. The zero-order valence-corrected chi connectivity index (χ0v) is 27.4. The molecule has 0 atom stereocenters. The average molecular weight is 685 g/mol. The lowest BCUT2D eigenvalue weighted by Gasteiger charge is -2.25. The van der Waals surface area contributed by atoms with Crippen molar-refractivity contribution in [3.8, 4) is 5.75 Å². The third kappa shape index (κ3) is 8.48. The fraction of sp³-hybridized carbons (Fsp3) is 0.226. The Labute approximate surface area is 271 Å². The van der Waals surface area contributed by atoms with Gasteiger partial charge in [0.1, 0.15) is 10.6 Å². The number of benzene rings is 4. The zero-order valence-electron chi connectivity index (χ0n) is 25.0. The molecular weight excluding hydrogens is 653 g/mol. The second kappa shape index (κ2) is 14.9. The molecule has 0 aliphatic rings. The van der Waals surface area contributed by atoms with Crippen LogP contribution in [0.1, 0.15) is 39.5 Å². The summed E-state index contributed by atoms with van der Waals surface area (Å²) >= 11 is 1.01. The molecule has 12 nitrogen and oxygen atoms in total. The number of sulfonamides is 1. The van der Waals surface area contributed by atoms with Gasteiger partial charge in [-0.25, -0.2) is 13.1 Å². The van der Waals surface area contributed by atoms with E-state index in [-0.39, 0.29) is 32.3 Å². The third-order valence-corrected chi connectivity index (χ3v) is 9.94. The molecule has 0 aromatic heterocycles. The molecule has 0 unspecified atom stereocenters. The number of aromatic hydroxyl groups is 1. The van der Waals surface area contributed by atoms with E-state index in [1.54, 1.807) is 29.2 Å². The predicted octanol–water partition coefficient (Wildman–Crippen LogP) is 7.33. The van der Waals surface area contributed by atoms with E-state index in [0.717, 1.165) is 56.1 Å². The van der Waals surface area contributed by atoms with E-state index in [0.29, 0.717) is 23.5 Å². The lowest BCUT2D eigenvalue weighted by Crippen LogP contribution is -2.29. The first kappa shape index (κ1) is 34.6. The molecule has 0 aliphatic heterocycles. The van der Waals surface area contributed by atoms with E-state index in [1.165, 1.54) is 18.2 Å². The summed E-state index contributed by atoms with van der Waals surface area (Å²) in [6, 6.07) is 19.6. The summed E-state index contributed by atoms with van der Waals surface area (Å²) in [4.78, 5) is 26.8. The number of nitrogens with one attached hydrogen (secondary N) is 1. The molecule has 0 fully saturated rings. The van der Waals surface area contributed by atoms with Crippen molar-refractivity contribution in [2.75, 3.05) is 11.4 Å². The molecule has 46 heavy (non-hydrogen) atoms. The van der Waals surface area contributed by atoms with Crippen LogP contribution >= 0.6 is 11.8 Å². The number of phenols is 1. The number of carbonyl (C=O) groups excluding carboxylic acids is 2. The molecule has 4 rings (SSSR count). The van der Waals surface area contributed by atoms with Crippen LogP contribution in [-0.4, -0.2) is 44.2 Å². The fourth-order valence-corrected chi connectivity index (χ4v) is 7.00. The van der Waals surface area contributed by atoms with Crippen molar-refractivity contribution in [2.24, 2.45) is 10.2 Å². The van der Waals surface area contributed by atoms with Gasteiger partial charge in [-0.1, -0.05) is 56.5 Å². The minimum absolute atomic E-state index is 0.0377. The van der Waals surface area contributed by atoms with Crippen molar-refractivity contribution in [3.63, 3.8) is 0 Å². The van der Waals surface area contributed by atoms with Crippen LogP contribution < -0.4 is 9.62 Å². The highest BCUT2D eigenvalue weighted by Gasteiger charge is 2.27. The number of carbonyl (C=O) groups is 2. The highest BCUT2D eigenvalue weighted by molar-refractivity contribution is 8.14. The fourth-order valence-electron chi connectivity index (χ4n) is 4.60. The average Bonchev–Trinajstić information content (AvgIpc) is 3.00. The Bertz CT molecular complexity index is 1980. The maximum absolute atomic E-state index is 13.8. The Morgan fingerprint density at radius 1 is 0.891 bits per heavy atom. The van der Waals surface area contributed by atoms with Crippen LogP contribution in [0, 0.1) is 0 Å². The van der Waals surface area contributed by atoms with Crippen molar-refractivity contribution >= 4 is 70.9 Å². The SMILES string of the molecule is CCCCCCN(C(=O)Sc1ccccc1)c1cccc2c(O)c(S(=O)(=O)NC(C)=O)cc(N=Nc3ccc(S(=O)(=O)O)cc3)c12. The molecule has 0 saturated heterocycles. The van der Waals surface area contributed by atoms with Gasteiger partial charge >= 0.3 is 0 Å². The van der Waals surface area contributed by atoms with Gasteiger partial charge in [0.2, 0.25) is 5.91 Å². The number of hydrogen-bond donors (Lipinski definition) is 3. The van der Waals surface area contributed by atoms with E-state index in [2.05, 4.69) is 17.2 Å². The van der Waals surface area contributed by atoms with Crippen LogP contribution in [0.2, 0.25) is 0 Å². The maximum Gasteiger partial charge on any atom is 0.294 e. The van der Waals surface area contributed by atoms with Gasteiger partial charge in [0.05, 0.1) is 22.0 Å². The second-order valence-corrected chi connectivity index (χ2v) is 14.3. The van der Waals surface area contributed by atoms with Crippen LogP contribution in [0.25, 0.3) is 10.8 Å². The largest absolute Gasteiger partial charge is 0.506 e. The lowest BCUT2D eigenvalue weighted by atomic mass is 10.0. The van der Waals surface area contributed by atoms with Crippen molar-refractivity contribution in [1.82, 2.24) is 4.72 Å². The van der Waals surface area contributed by atoms with Gasteiger partial charge in [-0.2, -0.15) is 13.5 Å². The van der Waals surface area contributed by atoms with Crippen molar-refractivity contribution in [2.45, 2.75) is 54.2 Å². The lowest BCUT2D eigenvalue weighted by molar-refractivity contribution is -0.117. The topological polar surface area (TPSA) is 183 Å². The molecule has 242 valence electrons. The minimum Gasteiger partial charge on any atom is -0.506 e. The Morgan fingerprint density at radius 2 is 1.59 bits per heavy atom. The summed E-state index contributed by atoms with van der Waals surface area (Å²) in [6.07, 6.45) is 3.47. The molecule has 0 aliphatic carbocycles. The van der Waals surface area contributed by atoms with Crippen molar-refractivity contribution in [1.29, 1.82) is 0 Å². The quantitative estimate of drug-likeness (QED) is 0.0595. The van der Waals surface area contributed by atoms with E-state index in [1.807, 2.05) is 22.9 Å². The molecule has 0 radical (unpaired) electrons. The van der Waals surface area contributed by atoms with Gasteiger partial charge < -0.3 is 10.0 Å². The van der Waals surface area contributed by atoms with Crippen LogP contribution in [0.5, 0.6) is 5.75 Å². The van der Waals surface area contributed by atoms with E-state index >= 15 is 0 Å².